The first kappa shape index (κ1) is 19.0. The molecule has 1 amide bonds. The second kappa shape index (κ2) is 8.75. The van der Waals surface area contributed by atoms with Crippen molar-refractivity contribution in [3.63, 3.8) is 0 Å². The van der Waals surface area contributed by atoms with E-state index in [9.17, 15) is 4.79 Å². The molecule has 148 valence electrons. The van der Waals surface area contributed by atoms with Crippen molar-refractivity contribution in [2.45, 2.75) is 6.42 Å². The molecule has 0 atom stereocenters. The molecule has 1 aromatic carbocycles. The molecule has 8 heteroatoms. The van der Waals surface area contributed by atoms with Crippen LogP contribution in [0.15, 0.2) is 36.5 Å². The number of hydrogen-bond donors (Lipinski definition) is 0. The number of hydrogen-bond acceptors (Lipinski definition) is 6. The van der Waals surface area contributed by atoms with Crippen LogP contribution < -0.4 is 9.80 Å². The molecule has 2 saturated heterocycles. The van der Waals surface area contributed by atoms with Gasteiger partial charge in [-0.05, 0) is 17.7 Å². The average Bonchev–Trinajstić information content (AvgIpc) is 2.76. The fourth-order valence-corrected chi connectivity index (χ4v) is 3.69. The first-order valence-corrected chi connectivity index (χ1v) is 9.99. The minimum atomic E-state index is 0.148. The number of ether oxygens (including phenoxy) is 1. The van der Waals surface area contributed by atoms with E-state index in [1.807, 2.05) is 29.2 Å². The molecule has 0 radical (unpaired) electrons. The maximum absolute atomic E-state index is 12.6. The van der Waals surface area contributed by atoms with E-state index >= 15 is 0 Å². The number of nitrogens with zero attached hydrogens (tertiary/aromatic N) is 5. The van der Waals surface area contributed by atoms with Crippen molar-refractivity contribution in [1.82, 2.24) is 15.1 Å². The van der Waals surface area contributed by atoms with Crippen LogP contribution >= 0.6 is 11.6 Å². The minimum absolute atomic E-state index is 0.148. The molecule has 4 rings (SSSR count). The van der Waals surface area contributed by atoms with Gasteiger partial charge in [-0.25, -0.2) is 0 Å². The van der Waals surface area contributed by atoms with Gasteiger partial charge in [-0.1, -0.05) is 23.7 Å². The van der Waals surface area contributed by atoms with Crippen LogP contribution in [0.1, 0.15) is 5.56 Å². The number of benzene rings is 1. The summed E-state index contributed by atoms with van der Waals surface area (Å²) >= 11 is 5.91. The predicted octanol–water partition coefficient (Wildman–Crippen LogP) is 1.86. The van der Waals surface area contributed by atoms with Crippen LogP contribution in [0.4, 0.5) is 11.5 Å². The van der Waals surface area contributed by atoms with Gasteiger partial charge in [0.25, 0.3) is 0 Å². The molecule has 3 heterocycles. The number of rotatable bonds is 4. The molecule has 0 bridgehead atoms. The zero-order chi connectivity index (χ0) is 19.3. The van der Waals surface area contributed by atoms with Crippen molar-refractivity contribution in [2.24, 2.45) is 0 Å². The fraction of sp³-hybridized carbons (Fsp3) is 0.450. The Bertz CT molecular complexity index is 802. The molecule has 1 aromatic heterocycles. The summed E-state index contributed by atoms with van der Waals surface area (Å²) in [7, 11) is 0. The molecule has 0 unspecified atom stereocenters. The lowest BCUT2D eigenvalue weighted by Gasteiger charge is -2.36. The van der Waals surface area contributed by atoms with Crippen molar-refractivity contribution in [3.05, 3.63) is 47.1 Å². The second-order valence-electron chi connectivity index (χ2n) is 7.04. The number of amides is 1. The number of morpholine rings is 1. The van der Waals surface area contributed by atoms with Crippen LogP contribution in [-0.4, -0.2) is 73.5 Å². The van der Waals surface area contributed by atoms with E-state index < -0.39 is 0 Å². The monoisotopic (exact) mass is 401 g/mol. The summed E-state index contributed by atoms with van der Waals surface area (Å²) in [6.45, 7) is 6.13. The maximum atomic E-state index is 12.6. The quantitative estimate of drug-likeness (QED) is 0.779. The van der Waals surface area contributed by atoms with Gasteiger partial charge in [-0.3, -0.25) is 4.79 Å². The van der Waals surface area contributed by atoms with E-state index in [2.05, 4.69) is 26.1 Å². The molecule has 0 spiro atoms. The zero-order valence-corrected chi connectivity index (χ0v) is 16.5. The van der Waals surface area contributed by atoms with Crippen LogP contribution in [-0.2, 0) is 16.0 Å². The Morgan fingerprint density at radius 2 is 1.71 bits per heavy atom. The Morgan fingerprint density at radius 1 is 1.00 bits per heavy atom. The summed E-state index contributed by atoms with van der Waals surface area (Å²) in [5.74, 6) is 1.02. The summed E-state index contributed by atoms with van der Waals surface area (Å²) in [4.78, 5) is 19.0. The molecular weight excluding hydrogens is 378 g/mol. The molecule has 2 fully saturated rings. The van der Waals surface area contributed by atoms with Crippen LogP contribution in [0.25, 0.3) is 0 Å². The van der Waals surface area contributed by atoms with Crippen molar-refractivity contribution in [2.75, 3.05) is 62.3 Å². The molecule has 2 aliphatic heterocycles. The highest BCUT2D eigenvalue weighted by molar-refractivity contribution is 6.30. The summed E-state index contributed by atoms with van der Waals surface area (Å²) in [5, 5.41) is 9.18. The van der Waals surface area contributed by atoms with E-state index in [4.69, 9.17) is 16.3 Å². The summed E-state index contributed by atoms with van der Waals surface area (Å²) in [6, 6.07) is 9.54. The van der Waals surface area contributed by atoms with Crippen molar-refractivity contribution in [3.8, 4) is 0 Å². The number of halogens is 1. The lowest BCUT2D eigenvalue weighted by molar-refractivity contribution is -0.130. The van der Waals surface area contributed by atoms with Crippen molar-refractivity contribution < 1.29 is 9.53 Å². The summed E-state index contributed by atoms with van der Waals surface area (Å²) in [6.07, 6.45) is 2.21. The van der Waals surface area contributed by atoms with Gasteiger partial charge >= 0.3 is 0 Å². The molecule has 28 heavy (non-hydrogen) atoms. The Balaban J connectivity index is 1.33. The van der Waals surface area contributed by atoms with Crippen LogP contribution in [0.2, 0.25) is 5.02 Å². The largest absolute Gasteiger partial charge is 0.378 e. The van der Waals surface area contributed by atoms with Gasteiger partial charge < -0.3 is 19.4 Å². The lowest BCUT2D eigenvalue weighted by atomic mass is 10.1. The highest BCUT2D eigenvalue weighted by atomic mass is 35.5. The number of piperazine rings is 1. The zero-order valence-electron chi connectivity index (χ0n) is 15.8. The molecule has 0 saturated carbocycles. The Morgan fingerprint density at radius 3 is 2.43 bits per heavy atom. The van der Waals surface area contributed by atoms with E-state index in [-0.39, 0.29) is 5.91 Å². The minimum Gasteiger partial charge on any atom is -0.378 e. The van der Waals surface area contributed by atoms with Gasteiger partial charge in [0, 0.05) is 50.4 Å². The van der Waals surface area contributed by atoms with E-state index in [0.29, 0.717) is 24.5 Å². The number of aromatic nitrogens is 2. The average molecular weight is 402 g/mol. The Kier molecular flexibility index (Phi) is 5.92. The molecular formula is C20H24ClN5O2. The van der Waals surface area contributed by atoms with Crippen LogP contribution in [0, 0.1) is 0 Å². The van der Waals surface area contributed by atoms with E-state index in [1.165, 1.54) is 0 Å². The highest BCUT2D eigenvalue weighted by Gasteiger charge is 2.23. The first-order valence-electron chi connectivity index (χ1n) is 9.61. The van der Waals surface area contributed by atoms with Crippen molar-refractivity contribution >= 4 is 29.0 Å². The number of carbonyl (C=O) groups excluding carboxylic acids is 1. The third-order valence-corrected chi connectivity index (χ3v) is 5.48. The normalized spacial score (nSPS) is 17.7. The van der Waals surface area contributed by atoms with Gasteiger partial charge in [0.15, 0.2) is 5.82 Å². The second-order valence-corrected chi connectivity index (χ2v) is 7.48. The third kappa shape index (κ3) is 4.54. The van der Waals surface area contributed by atoms with E-state index in [1.54, 1.807) is 6.20 Å². The molecule has 2 aliphatic rings. The van der Waals surface area contributed by atoms with Crippen LogP contribution in [0.3, 0.4) is 0 Å². The third-order valence-electron chi connectivity index (χ3n) is 5.23. The van der Waals surface area contributed by atoms with Crippen molar-refractivity contribution in [1.29, 1.82) is 0 Å². The highest BCUT2D eigenvalue weighted by Crippen LogP contribution is 2.21. The standard InChI is InChI=1S/C20H24ClN5O2/c21-17-3-1-16(2-4-17)13-20(27)26-7-5-25(6-8-26)19-14-18(15-22-23-19)24-9-11-28-12-10-24/h1-4,14-15H,5-13H2. The maximum Gasteiger partial charge on any atom is 0.227 e. The summed E-state index contributed by atoms with van der Waals surface area (Å²) in [5.41, 5.74) is 2.07. The number of anilines is 2. The Hall–Kier alpha value is -2.38. The Labute approximate surface area is 169 Å². The fourth-order valence-electron chi connectivity index (χ4n) is 3.57. The van der Waals surface area contributed by atoms with Gasteiger partial charge in [0.2, 0.25) is 5.91 Å². The van der Waals surface area contributed by atoms with Gasteiger partial charge in [0.1, 0.15) is 0 Å². The molecule has 0 aliphatic carbocycles. The number of carbonyl (C=O) groups is 1. The van der Waals surface area contributed by atoms with Gasteiger partial charge in [0.05, 0.1) is 31.5 Å². The molecule has 7 nitrogen and oxygen atoms in total. The molecule has 2 aromatic rings. The molecule has 0 N–H and O–H groups in total. The first-order chi connectivity index (χ1) is 13.7. The smallest absolute Gasteiger partial charge is 0.227 e. The SMILES string of the molecule is O=C(Cc1ccc(Cl)cc1)N1CCN(c2cc(N3CCOCC3)cnn2)CC1. The van der Waals surface area contributed by atoms with Gasteiger partial charge in [-0.2, -0.15) is 5.10 Å². The predicted molar refractivity (Wildman–Crippen MR) is 109 cm³/mol. The van der Waals surface area contributed by atoms with Crippen LogP contribution in [0.5, 0.6) is 0 Å². The van der Waals surface area contributed by atoms with E-state index in [0.717, 1.165) is 56.5 Å². The lowest BCUT2D eigenvalue weighted by Crippen LogP contribution is -2.49. The topological polar surface area (TPSA) is 61.8 Å². The summed E-state index contributed by atoms with van der Waals surface area (Å²) < 4.78 is 5.42. The van der Waals surface area contributed by atoms with Gasteiger partial charge in [-0.15, -0.1) is 5.10 Å².